The Morgan fingerprint density at radius 1 is 1.29 bits per heavy atom. The second-order valence-electron chi connectivity index (χ2n) is 2.57. The predicted molar refractivity (Wildman–Crippen MR) is 56.0 cm³/mol. The fourth-order valence-electron chi connectivity index (χ4n) is 0.951. The summed E-state index contributed by atoms with van der Waals surface area (Å²) in [5, 5.41) is 9.18. The summed E-state index contributed by atoms with van der Waals surface area (Å²) in [5.41, 5.74) is 5.51. The zero-order valence-electron chi connectivity index (χ0n) is 6.80. The van der Waals surface area contributed by atoms with E-state index in [1.807, 2.05) is 0 Å². The molecule has 0 aliphatic heterocycles. The number of nitrogens with two attached hydrogens (primary N) is 1. The minimum absolute atomic E-state index is 0.0778. The molecule has 0 spiro atoms. The van der Waals surface area contributed by atoms with Crippen molar-refractivity contribution in [2.75, 3.05) is 0 Å². The fourth-order valence-corrected chi connectivity index (χ4v) is 1.72. The first-order valence-electron chi connectivity index (χ1n) is 3.57. The number of carboxylic acid groups (broad SMARTS) is 1. The third-order valence-corrected chi connectivity index (χ3v) is 2.80. The van der Waals surface area contributed by atoms with Crippen molar-refractivity contribution in [2.45, 2.75) is 6.04 Å². The molecule has 0 amide bonds. The van der Waals surface area contributed by atoms with Gasteiger partial charge in [0, 0.05) is 10.6 Å². The van der Waals surface area contributed by atoms with Crippen LogP contribution >= 0.6 is 34.8 Å². The third-order valence-electron chi connectivity index (χ3n) is 1.66. The summed E-state index contributed by atoms with van der Waals surface area (Å²) in [7, 11) is 0. The molecular weight excluding hydrogens is 248 g/mol. The molecule has 76 valence electrons. The molecule has 0 saturated heterocycles. The van der Waals surface area contributed by atoms with Gasteiger partial charge < -0.3 is 10.8 Å². The maximum absolute atomic E-state index is 10.6. The van der Waals surface area contributed by atoms with Gasteiger partial charge in [-0.05, 0) is 12.1 Å². The first-order chi connectivity index (χ1) is 6.45. The van der Waals surface area contributed by atoms with E-state index in [1.165, 1.54) is 12.1 Å². The quantitative estimate of drug-likeness (QED) is 0.798. The number of halogens is 3. The SMILES string of the molecule is NC(C(=O)O)c1c(Cl)ccc(Cl)c1Cl. The standard InChI is InChI=1S/C8H6Cl3NO2/c9-3-1-2-4(10)6(11)5(3)7(12)8(13)14/h1-2,7H,12H2,(H,13,14). The number of aliphatic carboxylic acids is 1. The van der Waals surface area contributed by atoms with Gasteiger partial charge in [0.1, 0.15) is 6.04 Å². The smallest absolute Gasteiger partial charge is 0.325 e. The van der Waals surface area contributed by atoms with Gasteiger partial charge in [0.2, 0.25) is 0 Å². The molecule has 0 heterocycles. The van der Waals surface area contributed by atoms with Crippen molar-refractivity contribution in [1.29, 1.82) is 0 Å². The van der Waals surface area contributed by atoms with Gasteiger partial charge in [0.15, 0.2) is 0 Å². The summed E-state index contributed by atoms with van der Waals surface area (Å²) >= 11 is 17.2. The number of rotatable bonds is 2. The fraction of sp³-hybridized carbons (Fsp3) is 0.125. The van der Waals surface area contributed by atoms with Gasteiger partial charge in [0.25, 0.3) is 0 Å². The molecule has 0 radical (unpaired) electrons. The van der Waals surface area contributed by atoms with Crippen LogP contribution in [-0.2, 0) is 4.79 Å². The first kappa shape index (κ1) is 11.6. The maximum Gasteiger partial charge on any atom is 0.325 e. The lowest BCUT2D eigenvalue weighted by molar-refractivity contribution is -0.138. The number of benzene rings is 1. The third kappa shape index (κ3) is 2.12. The number of carbonyl (C=O) groups is 1. The molecule has 0 aliphatic rings. The lowest BCUT2D eigenvalue weighted by Crippen LogP contribution is -2.21. The molecular formula is C8H6Cl3NO2. The van der Waals surface area contributed by atoms with Crippen molar-refractivity contribution in [3.05, 3.63) is 32.8 Å². The number of hydrogen-bond donors (Lipinski definition) is 2. The average Bonchev–Trinajstić information content (AvgIpc) is 2.12. The predicted octanol–water partition coefficient (Wildman–Crippen LogP) is 2.73. The molecule has 0 fully saturated rings. The summed E-state index contributed by atoms with van der Waals surface area (Å²) in [6.45, 7) is 0. The van der Waals surface area contributed by atoms with Crippen molar-refractivity contribution >= 4 is 40.8 Å². The zero-order chi connectivity index (χ0) is 10.9. The number of carboxylic acids is 1. The van der Waals surface area contributed by atoms with E-state index < -0.39 is 12.0 Å². The van der Waals surface area contributed by atoms with Crippen LogP contribution in [0.5, 0.6) is 0 Å². The molecule has 1 aromatic rings. The highest BCUT2D eigenvalue weighted by molar-refractivity contribution is 6.44. The van der Waals surface area contributed by atoms with Crippen LogP contribution in [0, 0.1) is 0 Å². The molecule has 6 heteroatoms. The second-order valence-corrected chi connectivity index (χ2v) is 3.77. The van der Waals surface area contributed by atoms with E-state index >= 15 is 0 Å². The van der Waals surface area contributed by atoms with Crippen molar-refractivity contribution in [3.63, 3.8) is 0 Å². The molecule has 0 aliphatic carbocycles. The van der Waals surface area contributed by atoms with E-state index in [1.54, 1.807) is 0 Å². The maximum atomic E-state index is 10.6. The summed E-state index contributed by atoms with van der Waals surface area (Å²) in [4.78, 5) is 10.6. The van der Waals surface area contributed by atoms with Gasteiger partial charge in [-0.1, -0.05) is 34.8 Å². The van der Waals surface area contributed by atoms with Crippen LogP contribution in [0.2, 0.25) is 15.1 Å². The second kappa shape index (κ2) is 4.36. The molecule has 14 heavy (non-hydrogen) atoms. The van der Waals surface area contributed by atoms with E-state index in [2.05, 4.69) is 0 Å². The van der Waals surface area contributed by atoms with Gasteiger partial charge in [-0.25, -0.2) is 0 Å². The van der Waals surface area contributed by atoms with E-state index in [0.717, 1.165) is 0 Å². The molecule has 1 unspecified atom stereocenters. The van der Waals surface area contributed by atoms with Crippen molar-refractivity contribution < 1.29 is 9.90 Å². The van der Waals surface area contributed by atoms with Gasteiger partial charge in [0.05, 0.1) is 10.0 Å². The van der Waals surface area contributed by atoms with Crippen LogP contribution in [0.1, 0.15) is 11.6 Å². The monoisotopic (exact) mass is 253 g/mol. The van der Waals surface area contributed by atoms with Crippen LogP contribution in [0.3, 0.4) is 0 Å². The Kier molecular flexibility index (Phi) is 3.61. The van der Waals surface area contributed by atoms with Gasteiger partial charge in [-0.2, -0.15) is 0 Å². The Hall–Kier alpha value is -0.480. The van der Waals surface area contributed by atoms with Crippen LogP contribution < -0.4 is 5.73 Å². The van der Waals surface area contributed by atoms with Gasteiger partial charge >= 0.3 is 5.97 Å². The van der Waals surface area contributed by atoms with E-state index in [9.17, 15) is 4.79 Å². The Labute approximate surface area is 95.4 Å². The van der Waals surface area contributed by atoms with E-state index in [-0.39, 0.29) is 20.6 Å². The van der Waals surface area contributed by atoms with Gasteiger partial charge in [-0.3, -0.25) is 4.79 Å². The highest BCUT2D eigenvalue weighted by atomic mass is 35.5. The first-order valence-corrected chi connectivity index (χ1v) is 4.70. The molecule has 0 bridgehead atoms. The van der Waals surface area contributed by atoms with Crippen LogP contribution in [0.25, 0.3) is 0 Å². The number of hydrogen-bond acceptors (Lipinski definition) is 2. The van der Waals surface area contributed by atoms with Crippen molar-refractivity contribution in [3.8, 4) is 0 Å². The van der Waals surface area contributed by atoms with Crippen molar-refractivity contribution in [2.24, 2.45) is 5.73 Å². The minimum Gasteiger partial charge on any atom is -0.480 e. The molecule has 1 aromatic carbocycles. The minimum atomic E-state index is -1.27. The van der Waals surface area contributed by atoms with Crippen LogP contribution in [-0.4, -0.2) is 11.1 Å². The highest BCUT2D eigenvalue weighted by Gasteiger charge is 2.22. The lowest BCUT2D eigenvalue weighted by Gasteiger charge is -2.11. The van der Waals surface area contributed by atoms with Crippen LogP contribution in [0.4, 0.5) is 0 Å². The summed E-state index contributed by atoms with van der Waals surface area (Å²) in [5.74, 6) is -1.21. The van der Waals surface area contributed by atoms with Crippen LogP contribution in [0.15, 0.2) is 12.1 Å². The highest BCUT2D eigenvalue weighted by Crippen LogP contribution is 2.34. The summed E-state index contributed by atoms with van der Waals surface area (Å²) in [6, 6.07) is 1.66. The Morgan fingerprint density at radius 2 is 1.79 bits per heavy atom. The normalized spacial score (nSPS) is 12.6. The molecule has 1 rings (SSSR count). The molecule has 0 aromatic heterocycles. The summed E-state index contributed by atoms with van der Waals surface area (Å²) < 4.78 is 0. The molecule has 1 atom stereocenters. The average molecular weight is 254 g/mol. The molecule has 3 nitrogen and oxygen atoms in total. The zero-order valence-corrected chi connectivity index (χ0v) is 9.07. The van der Waals surface area contributed by atoms with Crippen molar-refractivity contribution in [1.82, 2.24) is 0 Å². The largest absolute Gasteiger partial charge is 0.480 e. The van der Waals surface area contributed by atoms with E-state index in [4.69, 9.17) is 45.6 Å². The topological polar surface area (TPSA) is 63.3 Å². The van der Waals surface area contributed by atoms with Gasteiger partial charge in [-0.15, -0.1) is 0 Å². The molecule has 3 N–H and O–H groups in total. The Bertz CT molecular complexity index is 381. The van der Waals surface area contributed by atoms with E-state index in [0.29, 0.717) is 0 Å². The Morgan fingerprint density at radius 3 is 2.29 bits per heavy atom. The summed E-state index contributed by atoms with van der Waals surface area (Å²) in [6.07, 6.45) is 0. The Balaban J connectivity index is 3.32. The molecule has 0 saturated carbocycles. The lowest BCUT2D eigenvalue weighted by atomic mass is 10.1.